The summed E-state index contributed by atoms with van der Waals surface area (Å²) in [6.45, 7) is 1.05. The molecule has 2 aromatic rings. The van der Waals surface area contributed by atoms with Crippen molar-refractivity contribution in [1.82, 2.24) is 10.2 Å². The first-order chi connectivity index (χ1) is 15.1. The van der Waals surface area contributed by atoms with Gasteiger partial charge in [0.2, 0.25) is 5.91 Å². The lowest BCUT2D eigenvalue weighted by molar-refractivity contribution is -0.136. The molecule has 2 aromatic carbocycles. The first kappa shape index (κ1) is 20.9. The second-order valence-corrected chi connectivity index (χ2v) is 8.07. The summed E-state index contributed by atoms with van der Waals surface area (Å²) >= 11 is 0. The van der Waals surface area contributed by atoms with Crippen molar-refractivity contribution in [3.63, 3.8) is 0 Å². The van der Waals surface area contributed by atoms with E-state index in [0.717, 1.165) is 12.8 Å². The fourth-order valence-electron chi connectivity index (χ4n) is 3.62. The maximum atomic E-state index is 12.7. The number of benzene rings is 2. The third-order valence-electron chi connectivity index (χ3n) is 5.63. The molecular weight excluding hydrogens is 394 g/mol. The molecule has 0 bridgehead atoms. The lowest BCUT2D eigenvalue weighted by atomic mass is 9.95. The first-order valence-corrected chi connectivity index (χ1v) is 10.8. The molecule has 162 valence electrons. The Bertz CT molecular complexity index is 935. The number of amides is 3. The minimum Gasteiger partial charge on any atom is -0.484 e. The lowest BCUT2D eigenvalue weighted by Crippen LogP contribution is -2.43. The molecule has 0 spiro atoms. The highest BCUT2D eigenvalue weighted by atomic mass is 16.5. The van der Waals surface area contributed by atoms with Crippen LogP contribution in [0.25, 0.3) is 0 Å². The van der Waals surface area contributed by atoms with E-state index in [1.807, 2.05) is 30.3 Å². The average molecular weight is 421 g/mol. The van der Waals surface area contributed by atoms with Crippen molar-refractivity contribution in [2.24, 2.45) is 5.92 Å². The molecule has 0 atom stereocenters. The molecule has 3 amide bonds. The molecule has 2 aliphatic rings. The van der Waals surface area contributed by atoms with Crippen LogP contribution in [0.4, 0.5) is 5.69 Å². The largest absolute Gasteiger partial charge is 0.484 e. The van der Waals surface area contributed by atoms with E-state index in [1.54, 1.807) is 29.2 Å². The summed E-state index contributed by atoms with van der Waals surface area (Å²) < 4.78 is 5.53. The van der Waals surface area contributed by atoms with Crippen molar-refractivity contribution in [2.45, 2.75) is 31.7 Å². The highest BCUT2D eigenvalue weighted by Crippen LogP contribution is 2.22. The van der Waals surface area contributed by atoms with Gasteiger partial charge in [0.05, 0.1) is 0 Å². The lowest BCUT2D eigenvalue weighted by Gasteiger charge is -2.31. The Hall–Kier alpha value is -3.35. The number of rotatable bonds is 7. The Morgan fingerprint density at radius 3 is 2.39 bits per heavy atom. The van der Waals surface area contributed by atoms with Gasteiger partial charge < -0.3 is 20.3 Å². The van der Waals surface area contributed by atoms with E-state index in [9.17, 15) is 14.4 Å². The number of likely N-dealkylation sites (tertiary alicyclic amines) is 1. The number of nitrogens with one attached hydrogen (secondary N) is 2. The number of anilines is 1. The zero-order valence-electron chi connectivity index (χ0n) is 17.4. The van der Waals surface area contributed by atoms with E-state index in [1.165, 1.54) is 0 Å². The predicted molar refractivity (Wildman–Crippen MR) is 117 cm³/mol. The summed E-state index contributed by atoms with van der Waals surface area (Å²) in [4.78, 5) is 39.0. The van der Waals surface area contributed by atoms with Crippen LogP contribution < -0.4 is 15.4 Å². The smallest absolute Gasteiger partial charge is 0.260 e. The molecule has 0 radical (unpaired) electrons. The monoisotopic (exact) mass is 421 g/mol. The maximum absolute atomic E-state index is 12.7. The van der Waals surface area contributed by atoms with E-state index < -0.39 is 0 Å². The van der Waals surface area contributed by atoms with Crippen LogP contribution in [0.15, 0.2) is 54.6 Å². The molecule has 1 aliphatic heterocycles. The van der Waals surface area contributed by atoms with Crippen LogP contribution in [-0.2, 0) is 9.59 Å². The first-order valence-electron chi connectivity index (χ1n) is 10.8. The molecule has 0 unspecified atom stereocenters. The molecule has 4 rings (SSSR count). The standard InChI is InChI=1S/C24H27N3O4/c28-22(16-31-21-7-2-1-3-8-21)27-13-11-17(12-14-27)23(29)26-20-6-4-5-18(15-20)24(30)25-19-9-10-19/h1-8,15,17,19H,9-14,16H2,(H,25,30)(H,26,29). The fraction of sp³-hybridized carbons (Fsp3) is 0.375. The van der Waals surface area contributed by atoms with Crippen molar-refractivity contribution in [1.29, 1.82) is 0 Å². The number of ether oxygens (including phenoxy) is 1. The number of hydrogen-bond donors (Lipinski definition) is 2. The van der Waals surface area contributed by atoms with Crippen LogP contribution >= 0.6 is 0 Å². The summed E-state index contributed by atoms with van der Waals surface area (Å²) in [5.41, 5.74) is 1.16. The van der Waals surface area contributed by atoms with E-state index >= 15 is 0 Å². The zero-order chi connectivity index (χ0) is 21.6. The van der Waals surface area contributed by atoms with Gasteiger partial charge in [-0.15, -0.1) is 0 Å². The zero-order valence-corrected chi connectivity index (χ0v) is 17.4. The molecule has 1 saturated carbocycles. The Labute approximate surface area is 181 Å². The molecule has 2 fully saturated rings. The van der Waals surface area contributed by atoms with E-state index in [0.29, 0.717) is 42.9 Å². The van der Waals surface area contributed by atoms with Gasteiger partial charge in [0, 0.05) is 36.3 Å². The van der Waals surface area contributed by atoms with E-state index in [4.69, 9.17) is 4.74 Å². The quantitative estimate of drug-likeness (QED) is 0.720. The van der Waals surface area contributed by atoms with Crippen molar-refractivity contribution >= 4 is 23.4 Å². The Morgan fingerprint density at radius 1 is 0.935 bits per heavy atom. The van der Waals surface area contributed by atoms with Crippen LogP contribution in [0.2, 0.25) is 0 Å². The minimum absolute atomic E-state index is 0.00338. The Morgan fingerprint density at radius 2 is 1.68 bits per heavy atom. The summed E-state index contributed by atoms with van der Waals surface area (Å²) in [5.74, 6) is 0.244. The topological polar surface area (TPSA) is 87.7 Å². The Kier molecular flexibility index (Phi) is 6.50. The van der Waals surface area contributed by atoms with Crippen molar-refractivity contribution in [2.75, 3.05) is 25.0 Å². The minimum atomic E-state index is -0.164. The normalized spacial score (nSPS) is 16.5. The molecule has 7 nitrogen and oxygen atoms in total. The molecule has 2 N–H and O–H groups in total. The van der Waals surface area contributed by atoms with Crippen molar-refractivity contribution in [3.8, 4) is 5.75 Å². The highest BCUT2D eigenvalue weighted by molar-refractivity contribution is 5.98. The second-order valence-electron chi connectivity index (χ2n) is 8.07. The average Bonchev–Trinajstić information content (AvgIpc) is 3.62. The molecule has 1 heterocycles. The number of carbonyl (C=O) groups excluding carboxylic acids is 3. The number of hydrogen-bond acceptors (Lipinski definition) is 4. The third-order valence-corrected chi connectivity index (χ3v) is 5.63. The van der Waals surface area contributed by atoms with Gasteiger partial charge in [-0.05, 0) is 56.0 Å². The molecule has 7 heteroatoms. The van der Waals surface area contributed by atoms with Gasteiger partial charge in [-0.3, -0.25) is 14.4 Å². The summed E-state index contributed by atoms with van der Waals surface area (Å²) in [6, 6.07) is 16.5. The predicted octanol–water partition coefficient (Wildman–Crippen LogP) is 2.83. The van der Waals surface area contributed by atoms with E-state index in [2.05, 4.69) is 10.6 Å². The molecule has 1 saturated heterocycles. The molecular formula is C24H27N3O4. The van der Waals surface area contributed by atoms with Gasteiger partial charge in [0.25, 0.3) is 11.8 Å². The SMILES string of the molecule is O=C(NC1CC1)c1cccc(NC(=O)C2CCN(C(=O)COc3ccccc3)CC2)c1. The molecule has 31 heavy (non-hydrogen) atoms. The number of piperidine rings is 1. The van der Waals surface area contributed by atoms with E-state index in [-0.39, 0.29) is 36.3 Å². The van der Waals surface area contributed by atoms with Gasteiger partial charge in [-0.1, -0.05) is 24.3 Å². The number of nitrogens with zero attached hydrogens (tertiary/aromatic N) is 1. The van der Waals surface area contributed by atoms with Crippen LogP contribution in [0.1, 0.15) is 36.0 Å². The molecule has 0 aromatic heterocycles. The van der Waals surface area contributed by atoms with Crippen molar-refractivity contribution in [3.05, 3.63) is 60.2 Å². The third kappa shape index (κ3) is 5.84. The van der Waals surface area contributed by atoms with Gasteiger partial charge >= 0.3 is 0 Å². The fourth-order valence-corrected chi connectivity index (χ4v) is 3.62. The second kappa shape index (κ2) is 9.64. The van der Waals surface area contributed by atoms with Gasteiger partial charge in [-0.2, -0.15) is 0 Å². The summed E-state index contributed by atoms with van der Waals surface area (Å²) in [7, 11) is 0. The summed E-state index contributed by atoms with van der Waals surface area (Å²) in [5, 5.41) is 5.87. The highest BCUT2D eigenvalue weighted by Gasteiger charge is 2.28. The maximum Gasteiger partial charge on any atom is 0.260 e. The van der Waals surface area contributed by atoms with Gasteiger partial charge in [-0.25, -0.2) is 0 Å². The van der Waals surface area contributed by atoms with Crippen LogP contribution in [0.5, 0.6) is 5.75 Å². The van der Waals surface area contributed by atoms with Crippen LogP contribution in [0.3, 0.4) is 0 Å². The van der Waals surface area contributed by atoms with Crippen molar-refractivity contribution < 1.29 is 19.1 Å². The summed E-state index contributed by atoms with van der Waals surface area (Å²) in [6.07, 6.45) is 3.26. The molecule has 1 aliphatic carbocycles. The van der Waals surface area contributed by atoms with Crippen LogP contribution in [-0.4, -0.2) is 48.4 Å². The van der Waals surface area contributed by atoms with Gasteiger partial charge in [0.15, 0.2) is 6.61 Å². The van der Waals surface area contributed by atoms with Crippen LogP contribution in [0, 0.1) is 5.92 Å². The Balaban J connectivity index is 1.23. The number of carbonyl (C=O) groups is 3. The number of para-hydroxylation sites is 1. The van der Waals surface area contributed by atoms with Gasteiger partial charge in [0.1, 0.15) is 5.75 Å².